The topological polar surface area (TPSA) is 86.3 Å². The minimum Gasteiger partial charge on any atom is -0.493 e. The van der Waals surface area contributed by atoms with Crippen molar-refractivity contribution in [2.24, 2.45) is 0 Å². The molecule has 4 rings (SSSR count). The van der Waals surface area contributed by atoms with Crippen molar-refractivity contribution >= 4 is 23.6 Å². The van der Waals surface area contributed by atoms with Crippen LogP contribution in [0.3, 0.4) is 0 Å². The molecule has 8 heteroatoms. The Hall–Kier alpha value is -3.68. The number of nitrogens with one attached hydrogen (secondary N) is 1. The number of methoxy groups -OCH3 is 2. The Kier molecular flexibility index (Phi) is 6.49. The number of hydrogen-bond donors (Lipinski definition) is 1. The van der Waals surface area contributed by atoms with Gasteiger partial charge in [0.15, 0.2) is 23.0 Å². The highest BCUT2D eigenvalue weighted by atomic mass is 16.5. The number of hydrogen-bond acceptors (Lipinski definition) is 6. The maximum absolute atomic E-state index is 12.7. The van der Waals surface area contributed by atoms with E-state index in [0.717, 1.165) is 17.5 Å². The standard InChI is InChI=1S/C24H26N2O6/c1-29-20-12-16-6-8-26(24(28)14-17(16)13-21(20)30-2)9-7-23(27)25-18-4-5-19-22(15-18)32-11-3-10-31-19/h4-6,8,12-13,15H,3,7,9-11,14H2,1-2H3,(H,25,27). The lowest BCUT2D eigenvalue weighted by molar-refractivity contribution is -0.128. The predicted molar refractivity (Wildman–Crippen MR) is 119 cm³/mol. The number of anilines is 1. The minimum absolute atomic E-state index is 0.0874. The zero-order valence-corrected chi connectivity index (χ0v) is 18.2. The molecular formula is C24H26N2O6. The van der Waals surface area contributed by atoms with Gasteiger partial charge in [0.2, 0.25) is 11.8 Å². The lowest BCUT2D eigenvalue weighted by Gasteiger charge is -2.17. The number of rotatable bonds is 6. The third-order valence-electron chi connectivity index (χ3n) is 5.35. The molecule has 0 bridgehead atoms. The Morgan fingerprint density at radius 3 is 2.59 bits per heavy atom. The Morgan fingerprint density at radius 1 is 1.06 bits per heavy atom. The first-order chi connectivity index (χ1) is 15.6. The SMILES string of the molecule is COc1cc2c(cc1OC)CC(=O)N(CCC(=O)Nc1ccc3c(c1)OCCCO3)C=C2. The number of carbonyl (C=O) groups is 2. The summed E-state index contributed by atoms with van der Waals surface area (Å²) < 4.78 is 22.0. The van der Waals surface area contributed by atoms with E-state index in [-0.39, 0.29) is 31.2 Å². The largest absolute Gasteiger partial charge is 0.493 e. The first kappa shape index (κ1) is 21.5. The molecule has 2 amide bonds. The first-order valence-corrected chi connectivity index (χ1v) is 10.5. The van der Waals surface area contributed by atoms with Gasteiger partial charge in [-0.2, -0.15) is 0 Å². The molecule has 0 unspecified atom stereocenters. The molecule has 0 atom stereocenters. The zero-order valence-electron chi connectivity index (χ0n) is 18.2. The number of carbonyl (C=O) groups excluding carboxylic acids is 2. The lowest BCUT2D eigenvalue weighted by Crippen LogP contribution is -2.29. The van der Waals surface area contributed by atoms with Gasteiger partial charge in [-0.15, -0.1) is 0 Å². The summed E-state index contributed by atoms with van der Waals surface area (Å²) in [4.78, 5) is 26.8. The quantitative estimate of drug-likeness (QED) is 0.745. The van der Waals surface area contributed by atoms with Crippen molar-refractivity contribution in [3.63, 3.8) is 0 Å². The van der Waals surface area contributed by atoms with Gasteiger partial charge in [-0.25, -0.2) is 0 Å². The van der Waals surface area contributed by atoms with Crippen LogP contribution in [0.5, 0.6) is 23.0 Å². The van der Waals surface area contributed by atoms with E-state index in [1.807, 2.05) is 18.2 Å². The lowest BCUT2D eigenvalue weighted by atomic mass is 10.0. The molecule has 168 valence electrons. The summed E-state index contributed by atoms with van der Waals surface area (Å²) in [5.41, 5.74) is 2.36. The van der Waals surface area contributed by atoms with Crippen LogP contribution in [0.25, 0.3) is 6.08 Å². The van der Waals surface area contributed by atoms with E-state index >= 15 is 0 Å². The summed E-state index contributed by atoms with van der Waals surface area (Å²) in [7, 11) is 3.14. The Morgan fingerprint density at radius 2 is 1.81 bits per heavy atom. The molecule has 0 saturated carbocycles. The van der Waals surface area contributed by atoms with E-state index in [9.17, 15) is 9.59 Å². The Balaban J connectivity index is 1.38. The minimum atomic E-state index is -0.189. The Labute approximate surface area is 186 Å². The monoisotopic (exact) mass is 438 g/mol. The van der Waals surface area contributed by atoms with Gasteiger partial charge in [0.05, 0.1) is 33.9 Å². The van der Waals surface area contributed by atoms with Crippen molar-refractivity contribution in [2.45, 2.75) is 19.3 Å². The van der Waals surface area contributed by atoms with Gasteiger partial charge in [0.25, 0.3) is 0 Å². The van der Waals surface area contributed by atoms with Gasteiger partial charge < -0.3 is 29.2 Å². The summed E-state index contributed by atoms with van der Waals surface area (Å²) in [5, 5.41) is 2.86. The highest BCUT2D eigenvalue weighted by Gasteiger charge is 2.20. The summed E-state index contributed by atoms with van der Waals surface area (Å²) in [6.07, 6.45) is 4.75. The van der Waals surface area contributed by atoms with E-state index in [1.54, 1.807) is 43.5 Å². The van der Waals surface area contributed by atoms with E-state index < -0.39 is 0 Å². The highest BCUT2D eigenvalue weighted by molar-refractivity contribution is 5.92. The molecule has 0 spiro atoms. The molecule has 2 aromatic carbocycles. The maximum atomic E-state index is 12.7. The van der Waals surface area contributed by atoms with Crippen LogP contribution in [0.15, 0.2) is 36.5 Å². The van der Waals surface area contributed by atoms with Crippen LogP contribution in [0.2, 0.25) is 0 Å². The first-order valence-electron chi connectivity index (χ1n) is 10.5. The number of benzene rings is 2. The fraction of sp³-hybridized carbons (Fsp3) is 0.333. The number of amides is 2. The van der Waals surface area contributed by atoms with Gasteiger partial charge in [0, 0.05) is 37.3 Å². The van der Waals surface area contributed by atoms with Gasteiger partial charge in [-0.05, 0) is 41.5 Å². The predicted octanol–water partition coefficient (Wildman–Crippen LogP) is 3.25. The smallest absolute Gasteiger partial charge is 0.230 e. The molecule has 2 heterocycles. The molecule has 32 heavy (non-hydrogen) atoms. The molecule has 8 nitrogen and oxygen atoms in total. The number of nitrogens with zero attached hydrogens (tertiary/aromatic N) is 1. The average molecular weight is 438 g/mol. The molecule has 0 aliphatic carbocycles. The van der Waals surface area contributed by atoms with E-state index in [2.05, 4.69) is 5.32 Å². The summed E-state index contributed by atoms with van der Waals surface area (Å²) in [6, 6.07) is 8.98. The summed E-state index contributed by atoms with van der Waals surface area (Å²) in [6.45, 7) is 1.46. The van der Waals surface area contributed by atoms with Crippen molar-refractivity contribution < 1.29 is 28.5 Å². The molecule has 2 aliphatic rings. The molecule has 2 aromatic rings. The average Bonchev–Trinajstić information content (AvgIpc) is 3.12. The van der Waals surface area contributed by atoms with Crippen LogP contribution in [-0.4, -0.2) is 50.7 Å². The van der Waals surface area contributed by atoms with Crippen LogP contribution in [0, 0.1) is 0 Å². The fourth-order valence-electron chi connectivity index (χ4n) is 3.65. The van der Waals surface area contributed by atoms with Crippen molar-refractivity contribution in [1.29, 1.82) is 0 Å². The van der Waals surface area contributed by atoms with Crippen molar-refractivity contribution in [3.8, 4) is 23.0 Å². The third kappa shape index (κ3) is 4.80. The summed E-state index contributed by atoms with van der Waals surface area (Å²) >= 11 is 0. The van der Waals surface area contributed by atoms with Crippen molar-refractivity contribution in [3.05, 3.63) is 47.7 Å². The van der Waals surface area contributed by atoms with Gasteiger partial charge in [-0.3, -0.25) is 9.59 Å². The van der Waals surface area contributed by atoms with Crippen LogP contribution in [-0.2, 0) is 16.0 Å². The number of ether oxygens (including phenoxy) is 4. The molecule has 0 saturated heterocycles. The van der Waals surface area contributed by atoms with Crippen LogP contribution in [0.1, 0.15) is 24.0 Å². The van der Waals surface area contributed by atoms with Gasteiger partial charge >= 0.3 is 0 Å². The second kappa shape index (κ2) is 9.64. The second-order valence-electron chi connectivity index (χ2n) is 7.50. The van der Waals surface area contributed by atoms with Crippen LogP contribution >= 0.6 is 0 Å². The second-order valence-corrected chi connectivity index (χ2v) is 7.50. The molecule has 0 fully saturated rings. The van der Waals surface area contributed by atoms with E-state index in [0.29, 0.717) is 41.9 Å². The third-order valence-corrected chi connectivity index (χ3v) is 5.35. The van der Waals surface area contributed by atoms with Gasteiger partial charge in [-0.1, -0.05) is 0 Å². The fourth-order valence-corrected chi connectivity index (χ4v) is 3.65. The van der Waals surface area contributed by atoms with Crippen molar-refractivity contribution in [1.82, 2.24) is 4.90 Å². The number of fused-ring (bicyclic) bond motifs is 2. The van der Waals surface area contributed by atoms with Crippen LogP contribution in [0.4, 0.5) is 5.69 Å². The Bertz CT molecular complexity index is 1050. The normalized spacial score (nSPS) is 14.8. The van der Waals surface area contributed by atoms with E-state index in [4.69, 9.17) is 18.9 Å². The van der Waals surface area contributed by atoms with Crippen molar-refractivity contribution in [2.75, 3.05) is 39.3 Å². The van der Waals surface area contributed by atoms with E-state index in [1.165, 1.54) is 0 Å². The molecule has 1 N–H and O–H groups in total. The summed E-state index contributed by atoms with van der Waals surface area (Å²) in [5.74, 6) is 2.20. The van der Waals surface area contributed by atoms with Gasteiger partial charge in [0.1, 0.15) is 0 Å². The molecule has 0 radical (unpaired) electrons. The highest BCUT2D eigenvalue weighted by Crippen LogP contribution is 2.33. The molecule has 0 aromatic heterocycles. The molecule has 2 aliphatic heterocycles. The molecular weight excluding hydrogens is 412 g/mol. The zero-order chi connectivity index (χ0) is 22.5. The maximum Gasteiger partial charge on any atom is 0.230 e. The van der Waals surface area contributed by atoms with Crippen LogP contribution < -0.4 is 24.3 Å².